The second-order valence-electron chi connectivity index (χ2n) is 4.62. The number of hydrogen-bond acceptors (Lipinski definition) is 3. The zero-order valence-electron chi connectivity index (χ0n) is 11.7. The number of ether oxygens (including phenoxy) is 2. The highest BCUT2D eigenvalue weighted by Crippen LogP contribution is 2.26. The van der Waals surface area contributed by atoms with E-state index in [-0.39, 0.29) is 5.78 Å². The maximum Gasteiger partial charge on any atom is 0.163 e. The minimum Gasteiger partial charge on any atom is -0.497 e. The Morgan fingerprint density at radius 3 is 2.67 bits per heavy atom. The third kappa shape index (κ3) is 4.06. The summed E-state index contributed by atoms with van der Waals surface area (Å²) in [4.78, 5) is 11.5. The van der Waals surface area contributed by atoms with Crippen molar-refractivity contribution in [3.05, 3.63) is 23.8 Å². The predicted molar refractivity (Wildman–Crippen MR) is 72.6 cm³/mol. The molecule has 0 aliphatic rings. The monoisotopic (exact) mass is 250 g/mol. The molecule has 0 amide bonds. The zero-order chi connectivity index (χ0) is 13.5. The normalized spacial score (nSPS) is 12.0. The average molecular weight is 250 g/mol. The number of hydrogen-bond donors (Lipinski definition) is 0. The Kier molecular flexibility index (Phi) is 5.69. The quantitative estimate of drug-likeness (QED) is 0.692. The summed E-state index contributed by atoms with van der Waals surface area (Å²) in [6.07, 6.45) is 2.27. The molecule has 1 rings (SSSR count). The number of methoxy groups -OCH3 is 1. The van der Waals surface area contributed by atoms with Crippen molar-refractivity contribution in [1.82, 2.24) is 0 Å². The Labute approximate surface area is 109 Å². The van der Waals surface area contributed by atoms with E-state index in [0.717, 1.165) is 12.8 Å². The van der Waals surface area contributed by atoms with Gasteiger partial charge in [-0.05, 0) is 31.4 Å². The van der Waals surface area contributed by atoms with E-state index >= 15 is 0 Å². The van der Waals surface area contributed by atoms with Crippen molar-refractivity contribution >= 4 is 5.78 Å². The smallest absolute Gasteiger partial charge is 0.163 e. The lowest BCUT2D eigenvalue weighted by Crippen LogP contribution is -2.10. The summed E-state index contributed by atoms with van der Waals surface area (Å²) < 4.78 is 10.9. The van der Waals surface area contributed by atoms with E-state index in [1.54, 1.807) is 32.2 Å². The molecule has 1 aromatic rings. The molecule has 1 atom stereocenters. The molecule has 0 spiro atoms. The van der Waals surface area contributed by atoms with Gasteiger partial charge in [-0.25, -0.2) is 0 Å². The Balaban J connectivity index is 2.80. The van der Waals surface area contributed by atoms with E-state index in [1.165, 1.54) is 0 Å². The molecule has 0 aliphatic carbocycles. The van der Waals surface area contributed by atoms with Crippen molar-refractivity contribution in [3.63, 3.8) is 0 Å². The maximum absolute atomic E-state index is 11.5. The molecule has 1 unspecified atom stereocenters. The van der Waals surface area contributed by atoms with Crippen LogP contribution in [0.5, 0.6) is 11.5 Å². The number of carbonyl (C=O) groups is 1. The van der Waals surface area contributed by atoms with Crippen LogP contribution in [0.4, 0.5) is 0 Å². The molecule has 1 aromatic carbocycles. The number of carbonyl (C=O) groups excluding carboxylic acids is 1. The zero-order valence-corrected chi connectivity index (χ0v) is 11.7. The van der Waals surface area contributed by atoms with Crippen molar-refractivity contribution in [2.75, 3.05) is 13.7 Å². The van der Waals surface area contributed by atoms with Gasteiger partial charge >= 0.3 is 0 Å². The van der Waals surface area contributed by atoms with E-state index in [0.29, 0.717) is 29.6 Å². The van der Waals surface area contributed by atoms with E-state index in [4.69, 9.17) is 9.47 Å². The van der Waals surface area contributed by atoms with E-state index in [1.807, 2.05) is 0 Å². The minimum atomic E-state index is 0.01000. The van der Waals surface area contributed by atoms with Gasteiger partial charge in [0.05, 0.1) is 19.3 Å². The standard InChI is InChI=1S/C15H22O3/c1-5-6-11(2)10-18-15-9-13(17-4)7-8-14(15)12(3)16/h7-9,11H,5-6,10H2,1-4H3. The van der Waals surface area contributed by atoms with Crippen LogP contribution in [0.15, 0.2) is 18.2 Å². The first-order chi connectivity index (χ1) is 8.58. The lowest BCUT2D eigenvalue weighted by atomic mass is 10.1. The van der Waals surface area contributed by atoms with Crippen LogP contribution >= 0.6 is 0 Å². The van der Waals surface area contributed by atoms with Gasteiger partial charge in [0, 0.05) is 6.07 Å². The van der Waals surface area contributed by atoms with Gasteiger partial charge in [0.15, 0.2) is 5.78 Å². The largest absolute Gasteiger partial charge is 0.497 e. The summed E-state index contributed by atoms with van der Waals surface area (Å²) >= 11 is 0. The summed E-state index contributed by atoms with van der Waals surface area (Å²) in [7, 11) is 1.60. The first kappa shape index (κ1) is 14.6. The van der Waals surface area contributed by atoms with E-state index in [9.17, 15) is 4.79 Å². The second kappa shape index (κ2) is 7.04. The molecule has 0 fully saturated rings. The van der Waals surface area contributed by atoms with Gasteiger partial charge in [0.25, 0.3) is 0 Å². The molecule has 100 valence electrons. The molecule has 18 heavy (non-hydrogen) atoms. The fraction of sp³-hybridized carbons (Fsp3) is 0.533. The third-order valence-corrected chi connectivity index (χ3v) is 2.87. The molecule has 0 bridgehead atoms. The fourth-order valence-corrected chi connectivity index (χ4v) is 1.85. The Hall–Kier alpha value is -1.51. The fourth-order valence-electron chi connectivity index (χ4n) is 1.85. The van der Waals surface area contributed by atoms with Gasteiger partial charge in [0.2, 0.25) is 0 Å². The Morgan fingerprint density at radius 1 is 1.39 bits per heavy atom. The highest BCUT2D eigenvalue weighted by molar-refractivity contribution is 5.97. The van der Waals surface area contributed by atoms with Crippen molar-refractivity contribution in [1.29, 1.82) is 0 Å². The highest BCUT2D eigenvalue weighted by atomic mass is 16.5. The number of rotatable bonds is 7. The van der Waals surface area contributed by atoms with Gasteiger partial charge in [-0.15, -0.1) is 0 Å². The molecule has 3 nitrogen and oxygen atoms in total. The molecule has 0 heterocycles. The predicted octanol–water partition coefficient (Wildman–Crippen LogP) is 3.71. The van der Waals surface area contributed by atoms with Crippen molar-refractivity contribution < 1.29 is 14.3 Å². The van der Waals surface area contributed by atoms with Crippen LogP contribution in [0, 0.1) is 5.92 Å². The number of ketones is 1. The third-order valence-electron chi connectivity index (χ3n) is 2.87. The van der Waals surface area contributed by atoms with Gasteiger partial charge in [-0.1, -0.05) is 20.3 Å². The molecular weight excluding hydrogens is 228 g/mol. The lowest BCUT2D eigenvalue weighted by molar-refractivity contribution is 0.101. The number of Topliss-reactive ketones (excluding diaryl/α,β-unsaturated/α-hetero) is 1. The molecule has 0 radical (unpaired) electrons. The summed E-state index contributed by atoms with van der Waals surface area (Å²) in [5, 5.41) is 0. The topological polar surface area (TPSA) is 35.5 Å². The molecule has 3 heteroatoms. The highest BCUT2D eigenvalue weighted by Gasteiger charge is 2.11. The van der Waals surface area contributed by atoms with Crippen LogP contribution in [0.3, 0.4) is 0 Å². The Bertz CT molecular complexity index is 399. The van der Waals surface area contributed by atoms with Gasteiger partial charge in [-0.3, -0.25) is 4.79 Å². The molecule has 0 saturated carbocycles. The Morgan fingerprint density at radius 2 is 2.11 bits per heavy atom. The number of benzene rings is 1. The van der Waals surface area contributed by atoms with Crippen LogP contribution in [0.25, 0.3) is 0 Å². The first-order valence-electron chi connectivity index (χ1n) is 6.40. The van der Waals surface area contributed by atoms with Crippen LogP contribution in [0.1, 0.15) is 44.0 Å². The second-order valence-corrected chi connectivity index (χ2v) is 4.62. The van der Waals surface area contributed by atoms with Gasteiger partial charge in [-0.2, -0.15) is 0 Å². The van der Waals surface area contributed by atoms with Crippen LogP contribution in [-0.2, 0) is 0 Å². The molecule has 0 N–H and O–H groups in total. The lowest BCUT2D eigenvalue weighted by Gasteiger charge is -2.15. The molecular formula is C15H22O3. The minimum absolute atomic E-state index is 0.01000. The average Bonchev–Trinajstić information content (AvgIpc) is 2.36. The maximum atomic E-state index is 11.5. The molecule has 0 aromatic heterocycles. The van der Waals surface area contributed by atoms with Crippen molar-refractivity contribution in [2.24, 2.45) is 5.92 Å². The summed E-state index contributed by atoms with van der Waals surface area (Å²) in [5.74, 6) is 1.82. The van der Waals surface area contributed by atoms with Crippen molar-refractivity contribution in [3.8, 4) is 11.5 Å². The molecule has 0 saturated heterocycles. The summed E-state index contributed by atoms with van der Waals surface area (Å²) in [6.45, 7) is 6.48. The summed E-state index contributed by atoms with van der Waals surface area (Å²) in [6, 6.07) is 5.30. The van der Waals surface area contributed by atoms with Crippen LogP contribution in [-0.4, -0.2) is 19.5 Å². The van der Waals surface area contributed by atoms with Crippen LogP contribution in [0.2, 0.25) is 0 Å². The van der Waals surface area contributed by atoms with Gasteiger partial charge in [0.1, 0.15) is 11.5 Å². The first-order valence-corrected chi connectivity index (χ1v) is 6.40. The van der Waals surface area contributed by atoms with Gasteiger partial charge < -0.3 is 9.47 Å². The van der Waals surface area contributed by atoms with E-state index in [2.05, 4.69) is 13.8 Å². The SMILES string of the molecule is CCCC(C)COc1cc(OC)ccc1C(C)=O. The van der Waals surface area contributed by atoms with E-state index < -0.39 is 0 Å². The van der Waals surface area contributed by atoms with Crippen LogP contribution < -0.4 is 9.47 Å². The van der Waals surface area contributed by atoms with Crippen molar-refractivity contribution in [2.45, 2.75) is 33.6 Å². The summed E-state index contributed by atoms with van der Waals surface area (Å²) in [5.41, 5.74) is 0.611. The molecule has 0 aliphatic heterocycles.